The Hall–Kier alpha value is -2.53. The van der Waals surface area contributed by atoms with Crippen molar-refractivity contribution in [3.63, 3.8) is 0 Å². The first kappa shape index (κ1) is 18.8. The normalized spacial score (nSPS) is 11.9. The van der Waals surface area contributed by atoms with Crippen molar-refractivity contribution in [2.24, 2.45) is 5.73 Å². The summed E-state index contributed by atoms with van der Waals surface area (Å²) in [6, 6.07) is 14.4. The molecular formula is C20H26N2O3. The topological polar surface area (TPSA) is 73.6 Å². The Bertz CT molecular complexity index is 655. The quantitative estimate of drug-likeness (QED) is 0.773. The van der Waals surface area contributed by atoms with Crippen LogP contribution in [0.2, 0.25) is 0 Å². The number of hydrogen-bond donors (Lipinski definition) is 2. The number of carbonyl (C=O) groups is 1. The summed E-state index contributed by atoms with van der Waals surface area (Å²) in [5.41, 5.74) is 7.82. The minimum atomic E-state index is -0.524. The van der Waals surface area contributed by atoms with Gasteiger partial charge in [-0.05, 0) is 41.8 Å². The summed E-state index contributed by atoms with van der Waals surface area (Å²) in [5.74, 6) is 1.30. The van der Waals surface area contributed by atoms with Gasteiger partial charge in [-0.25, -0.2) is 0 Å². The number of rotatable bonds is 8. The molecule has 2 aromatic carbocycles. The van der Waals surface area contributed by atoms with Gasteiger partial charge in [0, 0.05) is 0 Å². The summed E-state index contributed by atoms with van der Waals surface area (Å²) >= 11 is 0. The van der Waals surface area contributed by atoms with Gasteiger partial charge in [-0.1, -0.05) is 37.6 Å². The van der Waals surface area contributed by atoms with Gasteiger partial charge in [-0.15, -0.1) is 0 Å². The zero-order chi connectivity index (χ0) is 18.2. The molecule has 0 aliphatic carbocycles. The lowest BCUT2D eigenvalue weighted by atomic mass is 9.97. The van der Waals surface area contributed by atoms with E-state index in [2.05, 4.69) is 5.32 Å². The summed E-state index contributed by atoms with van der Waals surface area (Å²) < 4.78 is 10.6. The first-order valence-corrected chi connectivity index (χ1v) is 8.42. The van der Waals surface area contributed by atoms with Crippen LogP contribution in [0.25, 0.3) is 0 Å². The molecular weight excluding hydrogens is 316 g/mol. The minimum absolute atomic E-state index is 0.169. The van der Waals surface area contributed by atoms with E-state index in [4.69, 9.17) is 15.2 Å². The molecule has 1 amide bonds. The van der Waals surface area contributed by atoms with Gasteiger partial charge in [0.1, 0.15) is 11.5 Å². The Kier molecular flexibility index (Phi) is 6.83. The lowest BCUT2D eigenvalue weighted by Gasteiger charge is -2.23. The van der Waals surface area contributed by atoms with Crippen molar-refractivity contribution < 1.29 is 14.3 Å². The van der Waals surface area contributed by atoms with E-state index in [1.165, 1.54) is 0 Å². The summed E-state index contributed by atoms with van der Waals surface area (Å²) in [6.07, 6.45) is 1.51. The Morgan fingerprint density at radius 3 is 2.00 bits per heavy atom. The van der Waals surface area contributed by atoms with Crippen LogP contribution in [0.15, 0.2) is 48.5 Å². The van der Waals surface area contributed by atoms with Crippen LogP contribution in [0.4, 0.5) is 0 Å². The monoisotopic (exact) mass is 342 g/mol. The van der Waals surface area contributed by atoms with Gasteiger partial charge in [0.15, 0.2) is 0 Å². The molecule has 0 saturated heterocycles. The van der Waals surface area contributed by atoms with Crippen molar-refractivity contribution in [3.8, 4) is 11.5 Å². The lowest BCUT2D eigenvalue weighted by molar-refractivity contribution is -0.123. The van der Waals surface area contributed by atoms with E-state index in [1.807, 2.05) is 55.5 Å². The number of methoxy groups -OCH3 is 2. The zero-order valence-corrected chi connectivity index (χ0v) is 15.0. The van der Waals surface area contributed by atoms with Crippen LogP contribution < -0.4 is 20.5 Å². The Morgan fingerprint density at radius 2 is 1.56 bits per heavy atom. The van der Waals surface area contributed by atoms with Gasteiger partial charge in [0.2, 0.25) is 5.91 Å². The highest BCUT2D eigenvalue weighted by Crippen LogP contribution is 2.27. The van der Waals surface area contributed by atoms with Crippen LogP contribution in [0, 0.1) is 0 Å². The highest BCUT2D eigenvalue weighted by Gasteiger charge is 2.21. The third kappa shape index (κ3) is 4.97. The molecule has 0 aromatic heterocycles. The van der Waals surface area contributed by atoms with E-state index in [9.17, 15) is 4.79 Å². The average molecular weight is 342 g/mol. The molecule has 2 aromatic rings. The Morgan fingerprint density at radius 1 is 1.04 bits per heavy atom. The van der Waals surface area contributed by atoms with Gasteiger partial charge in [-0.3, -0.25) is 4.79 Å². The van der Waals surface area contributed by atoms with Crippen molar-refractivity contribution in [2.45, 2.75) is 31.8 Å². The number of ether oxygens (including phenoxy) is 2. The van der Waals surface area contributed by atoms with E-state index < -0.39 is 6.04 Å². The summed E-state index contributed by atoms with van der Waals surface area (Å²) in [7, 11) is 3.24. The highest BCUT2D eigenvalue weighted by atomic mass is 16.5. The van der Waals surface area contributed by atoms with Crippen LogP contribution in [0.1, 0.15) is 36.9 Å². The molecule has 5 heteroatoms. The minimum Gasteiger partial charge on any atom is -0.497 e. The molecule has 0 heterocycles. The molecule has 134 valence electrons. The molecule has 0 radical (unpaired) electrons. The van der Waals surface area contributed by atoms with Crippen molar-refractivity contribution in [1.29, 1.82) is 0 Å². The van der Waals surface area contributed by atoms with Gasteiger partial charge < -0.3 is 20.5 Å². The predicted molar refractivity (Wildman–Crippen MR) is 98.9 cm³/mol. The number of hydrogen-bond acceptors (Lipinski definition) is 4. The molecule has 0 fully saturated rings. The van der Waals surface area contributed by atoms with Crippen molar-refractivity contribution in [3.05, 3.63) is 59.7 Å². The maximum absolute atomic E-state index is 12.5. The van der Waals surface area contributed by atoms with Crippen molar-refractivity contribution in [1.82, 2.24) is 5.32 Å². The van der Waals surface area contributed by atoms with E-state index in [0.717, 1.165) is 29.0 Å². The second kappa shape index (κ2) is 9.08. The third-order valence-electron chi connectivity index (χ3n) is 4.08. The molecule has 3 N–H and O–H groups in total. The molecule has 1 atom stereocenters. The Balaban J connectivity index is 2.38. The first-order chi connectivity index (χ1) is 12.1. The van der Waals surface area contributed by atoms with E-state index >= 15 is 0 Å². The van der Waals surface area contributed by atoms with Gasteiger partial charge >= 0.3 is 0 Å². The molecule has 2 rings (SSSR count). The zero-order valence-electron chi connectivity index (χ0n) is 15.0. The maximum atomic E-state index is 12.5. The highest BCUT2D eigenvalue weighted by molar-refractivity contribution is 5.82. The molecule has 1 unspecified atom stereocenters. The summed E-state index contributed by atoms with van der Waals surface area (Å²) in [4.78, 5) is 12.5. The lowest BCUT2D eigenvalue weighted by Crippen LogP contribution is -2.42. The number of benzene rings is 2. The van der Waals surface area contributed by atoms with E-state index in [-0.39, 0.29) is 11.9 Å². The summed E-state index contributed by atoms with van der Waals surface area (Å²) in [5, 5.41) is 3.06. The van der Waals surface area contributed by atoms with Crippen molar-refractivity contribution >= 4 is 5.91 Å². The van der Waals surface area contributed by atoms with E-state index in [1.54, 1.807) is 14.2 Å². The molecule has 5 nitrogen and oxygen atoms in total. The number of nitrogens with two attached hydrogens (primary N) is 1. The fraction of sp³-hybridized carbons (Fsp3) is 0.350. The number of carbonyl (C=O) groups excluding carboxylic acids is 1. The molecule has 0 saturated carbocycles. The maximum Gasteiger partial charge on any atom is 0.237 e. The predicted octanol–water partition coefficient (Wildman–Crippen LogP) is 3.04. The molecule has 0 aliphatic rings. The standard InChI is InChI=1S/C20H26N2O3/c1-4-7-18(21)20(23)22-19(14-8-5-10-16(12-14)24-2)15-9-6-11-17(13-15)25-3/h5-6,8-13,18-19H,4,7,21H2,1-3H3,(H,22,23). The molecule has 0 spiro atoms. The second-order valence-electron chi connectivity index (χ2n) is 5.89. The molecule has 0 bridgehead atoms. The number of amides is 1. The fourth-order valence-electron chi connectivity index (χ4n) is 2.69. The average Bonchev–Trinajstić information content (AvgIpc) is 2.66. The number of nitrogens with one attached hydrogen (secondary N) is 1. The van der Waals surface area contributed by atoms with Crippen molar-refractivity contribution in [2.75, 3.05) is 14.2 Å². The van der Waals surface area contributed by atoms with Crippen LogP contribution in [0.3, 0.4) is 0 Å². The fourth-order valence-corrected chi connectivity index (χ4v) is 2.69. The SMILES string of the molecule is CCCC(N)C(=O)NC(c1cccc(OC)c1)c1cccc(OC)c1. The third-order valence-corrected chi connectivity index (χ3v) is 4.08. The summed E-state index contributed by atoms with van der Waals surface area (Å²) in [6.45, 7) is 2.01. The molecule has 25 heavy (non-hydrogen) atoms. The Labute approximate surface area is 149 Å². The first-order valence-electron chi connectivity index (χ1n) is 8.42. The van der Waals surface area contributed by atoms with Gasteiger partial charge in [0.05, 0.1) is 26.3 Å². The molecule has 0 aliphatic heterocycles. The second-order valence-corrected chi connectivity index (χ2v) is 5.89. The largest absolute Gasteiger partial charge is 0.497 e. The van der Waals surface area contributed by atoms with Crippen LogP contribution in [-0.2, 0) is 4.79 Å². The van der Waals surface area contributed by atoms with Crippen LogP contribution in [0.5, 0.6) is 11.5 Å². The van der Waals surface area contributed by atoms with E-state index in [0.29, 0.717) is 6.42 Å². The van der Waals surface area contributed by atoms with Crippen LogP contribution >= 0.6 is 0 Å². The van der Waals surface area contributed by atoms with Crippen LogP contribution in [-0.4, -0.2) is 26.2 Å². The van der Waals surface area contributed by atoms with Gasteiger partial charge in [-0.2, -0.15) is 0 Å². The smallest absolute Gasteiger partial charge is 0.237 e. The van der Waals surface area contributed by atoms with Gasteiger partial charge in [0.25, 0.3) is 0 Å².